The molecule has 74 valence electrons. The molecule has 13 heavy (non-hydrogen) atoms. The molecule has 0 fully saturated rings. The first-order chi connectivity index (χ1) is 7.28. The van der Waals surface area contributed by atoms with Gasteiger partial charge in [0.15, 0.2) is 0 Å². The van der Waals surface area contributed by atoms with Gasteiger partial charge in [-0.2, -0.15) is 0 Å². The third-order valence-corrected chi connectivity index (χ3v) is 1.65. The first-order valence-electron chi connectivity index (χ1n) is 5.66. The summed E-state index contributed by atoms with van der Waals surface area (Å²) >= 11 is 0. The van der Waals surface area contributed by atoms with Gasteiger partial charge in [0.2, 0.25) is 0 Å². The van der Waals surface area contributed by atoms with Crippen LogP contribution in [0.2, 0.25) is 0 Å². The van der Waals surface area contributed by atoms with Crippen molar-refractivity contribution in [3.8, 4) is 0 Å². The Balaban J connectivity index is 4.48. The van der Waals surface area contributed by atoms with Gasteiger partial charge in [-0.3, -0.25) is 9.59 Å². The van der Waals surface area contributed by atoms with Gasteiger partial charge < -0.3 is 4.74 Å². The number of esters is 1. The first-order valence-corrected chi connectivity index (χ1v) is 4.16. The number of hydrogen-bond acceptors (Lipinski definition) is 3. The van der Waals surface area contributed by atoms with Crippen molar-refractivity contribution in [1.82, 2.24) is 0 Å². The van der Waals surface area contributed by atoms with Crippen LogP contribution in [-0.4, -0.2) is 18.8 Å². The lowest BCUT2D eigenvalue weighted by Gasteiger charge is -2.07. The molecule has 0 aliphatic rings. The summed E-state index contributed by atoms with van der Waals surface area (Å²) in [6, 6.07) is 0. The zero-order valence-corrected chi connectivity index (χ0v) is 7.87. The largest absolute Gasteiger partial charge is 0.468 e. The summed E-state index contributed by atoms with van der Waals surface area (Å²) < 4.78 is 24.5. The number of Topliss-reactive ketones (excluding diaryl/α,β-unsaturated/α-hetero) is 1. The maximum atomic E-state index is 11.4. The van der Waals surface area contributed by atoms with E-state index in [4.69, 9.17) is 4.11 Å². The molecule has 0 amide bonds. The highest BCUT2D eigenvalue weighted by molar-refractivity contribution is 5.97. The average molecular weight is 187 g/mol. The van der Waals surface area contributed by atoms with Crippen LogP contribution in [0.25, 0.3) is 0 Å². The zero-order chi connectivity index (χ0) is 12.8. The molecule has 0 aliphatic carbocycles. The van der Waals surface area contributed by atoms with Crippen LogP contribution in [0, 0.1) is 5.92 Å². The van der Waals surface area contributed by atoms with E-state index in [0.717, 1.165) is 6.42 Å². The molecule has 0 radical (unpaired) electrons. The van der Waals surface area contributed by atoms with Gasteiger partial charge in [-0.1, -0.05) is 19.1 Å². The maximum Gasteiger partial charge on any atom is 0.316 e. The lowest BCUT2D eigenvalue weighted by atomic mass is 10.0. The minimum atomic E-state index is -2.79. The van der Waals surface area contributed by atoms with Crippen LogP contribution in [0.3, 0.4) is 0 Å². The fourth-order valence-corrected chi connectivity index (χ4v) is 0.898. The molecule has 0 N–H and O–H groups in total. The fraction of sp³-hybridized carbons (Fsp3) is 0.600. The van der Waals surface area contributed by atoms with Gasteiger partial charge in [0.25, 0.3) is 0 Å². The number of carbonyl (C=O) groups excluding carboxylic acids is 2. The second-order valence-electron chi connectivity index (χ2n) is 2.70. The summed E-state index contributed by atoms with van der Waals surface area (Å²) in [5.74, 6) is -2.41. The molecule has 3 heteroatoms. The van der Waals surface area contributed by atoms with Crippen molar-refractivity contribution >= 4 is 11.8 Å². The van der Waals surface area contributed by atoms with Crippen LogP contribution in [0.4, 0.5) is 0 Å². The average Bonchev–Trinajstić information content (AvgIpc) is 2.08. The molecule has 0 aromatic rings. The smallest absolute Gasteiger partial charge is 0.316 e. The van der Waals surface area contributed by atoms with E-state index in [1.54, 1.807) is 12.2 Å². The van der Waals surface area contributed by atoms with Crippen molar-refractivity contribution in [2.75, 3.05) is 7.04 Å². The number of hydrogen-bond donors (Lipinski definition) is 0. The van der Waals surface area contributed by atoms with Gasteiger partial charge in [0.05, 0.1) is 11.2 Å². The minimum absolute atomic E-state index is 0.179. The van der Waals surface area contributed by atoms with Crippen molar-refractivity contribution in [3.05, 3.63) is 12.2 Å². The second-order valence-corrected chi connectivity index (χ2v) is 2.70. The summed E-state index contributed by atoms with van der Waals surface area (Å²) in [7, 11) is -2.79. The van der Waals surface area contributed by atoms with Crippen LogP contribution in [-0.2, 0) is 14.3 Å². The third kappa shape index (κ3) is 4.45. The van der Waals surface area contributed by atoms with E-state index in [-0.39, 0.29) is 6.42 Å². The standard InChI is InChI=1S/C10H16O3/c1-4-5-6-7-9(8(2)11)10(12)13-3/h5-6,9H,4,7H2,1-3H3/b6-5+/i3D3. The molecule has 3 nitrogen and oxygen atoms in total. The Morgan fingerprint density at radius 3 is 2.69 bits per heavy atom. The fourth-order valence-electron chi connectivity index (χ4n) is 0.898. The minimum Gasteiger partial charge on any atom is -0.468 e. The number of methoxy groups -OCH3 is 1. The van der Waals surface area contributed by atoms with E-state index < -0.39 is 24.7 Å². The number of ether oxygens (including phenoxy) is 1. The Morgan fingerprint density at radius 2 is 2.23 bits per heavy atom. The van der Waals surface area contributed by atoms with E-state index in [2.05, 4.69) is 4.74 Å². The van der Waals surface area contributed by atoms with E-state index in [1.807, 2.05) is 6.92 Å². The molecule has 0 aromatic heterocycles. The summed E-state index contributed by atoms with van der Waals surface area (Å²) in [6.07, 6.45) is 4.45. The normalized spacial score (nSPS) is 17.2. The lowest BCUT2D eigenvalue weighted by molar-refractivity contribution is -0.148. The van der Waals surface area contributed by atoms with Crippen molar-refractivity contribution in [3.63, 3.8) is 0 Å². The lowest BCUT2D eigenvalue weighted by Crippen LogP contribution is -2.22. The molecule has 0 heterocycles. The predicted molar refractivity (Wildman–Crippen MR) is 50.2 cm³/mol. The molecule has 1 atom stereocenters. The molecular weight excluding hydrogens is 168 g/mol. The Kier molecular flexibility index (Phi) is 3.59. The van der Waals surface area contributed by atoms with Crippen molar-refractivity contribution in [1.29, 1.82) is 0 Å². The highest BCUT2D eigenvalue weighted by Gasteiger charge is 2.22. The Labute approximate surface area is 83.0 Å². The van der Waals surface area contributed by atoms with E-state index in [0.29, 0.717) is 0 Å². The first kappa shape index (κ1) is 7.30. The molecule has 0 aromatic carbocycles. The van der Waals surface area contributed by atoms with Gasteiger partial charge in [-0.15, -0.1) is 0 Å². The van der Waals surface area contributed by atoms with Crippen LogP contribution >= 0.6 is 0 Å². The van der Waals surface area contributed by atoms with Crippen LogP contribution in [0.15, 0.2) is 12.2 Å². The maximum absolute atomic E-state index is 11.4. The van der Waals surface area contributed by atoms with Crippen LogP contribution in [0.1, 0.15) is 30.8 Å². The summed E-state index contributed by atoms with van der Waals surface area (Å²) in [4.78, 5) is 22.5. The molecule has 0 spiro atoms. The van der Waals surface area contributed by atoms with Gasteiger partial charge in [-0.05, 0) is 19.8 Å². The number of ketones is 1. The van der Waals surface area contributed by atoms with Crippen molar-refractivity contribution < 1.29 is 18.4 Å². The topological polar surface area (TPSA) is 43.4 Å². The van der Waals surface area contributed by atoms with Crippen molar-refractivity contribution in [2.24, 2.45) is 5.92 Å². The Morgan fingerprint density at radius 1 is 1.54 bits per heavy atom. The number of allylic oxidation sites excluding steroid dienone is 2. The van der Waals surface area contributed by atoms with Gasteiger partial charge >= 0.3 is 5.97 Å². The molecule has 0 saturated carbocycles. The SMILES string of the molecule is [2H]C([2H])([2H])OC(=O)C(C/C=C/CC)C(C)=O. The van der Waals surface area contributed by atoms with Gasteiger partial charge in [0.1, 0.15) is 11.7 Å². The Bertz CT molecular complexity index is 282. The molecule has 0 aliphatic heterocycles. The highest BCUT2D eigenvalue weighted by atomic mass is 16.5. The number of carbonyl (C=O) groups is 2. The van der Waals surface area contributed by atoms with Crippen molar-refractivity contribution in [2.45, 2.75) is 26.7 Å². The quantitative estimate of drug-likeness (QED) is 0.374. The van der Waals surface area contributed by atoms with Crippen LogP contribution < -0.4 is 0 Å². The second kappa shape index (κ2) is 6.40. The van der Waals surface area contributed by atoms with Crippen LogP contribution in [0.5, 0.6) is 0 Å². The third-order valence-electron chi connectivity index (χ3n) is 1.65. The molecule has 0 rings (SSSR count). The van der Waals surface area contributed by atoms with Gasteiger partial charge in [-0.25, -0.2) is 0 Å². The van der Waals surface area contributed by atoms with Gasteiger partial charge in [0, 0.05) is 0 Å². The van der Waals surface area contributed by atoms with E-state index in [1.165, 1.54) is 6.92 Å². The summed E-state index contributed by atoms with van der Waals surface area (Å²) in [6.45, 7) is 3.16. The highest BCUT2D eigenvalue weighted by Crippen LogP contribution is 2.08. The monoisotopic (exact) mass is 187 g/mol. The summed E-state index contributed by atoms with van der Waals surface area (Å²) in [5, 5.41) is 0. The van der Waals surface area contributed by atoms with E-state index >= 15 is 0 Å². The number of rotatable bonds is 5. The molecule has 0 saturated heterocycles. The summed E-state index contributed by atoms with van der Waals surface area (Å²) in [5.41, 5.74) is 0. The molecule has 0 bridgehead atoms. The predicted octanol–water partition coefficient (Wildman–Crippen LogP) is 1.72. The molecular formula is C10H16O3. The molecule has 1 unspecified atom stereocenters. The Hall–Kier alpha value is -1.12. The van der Waals surface area contributed by atoms with E-state index in [9.17, 15) is 9.59 Å². The zero-order valence-electron chi connectivity index (χ0n) is 10.9.